The Morgan fingerprint density at radius 1 is 0.919 bits per heavy atom. The van der Waals surface area contributed by atoms with Crippen LogP contribution in [0, 0.1) is 12.3 Å². The molecule has 0 bridgehead atoms. The van der Waals surface area contributed by atoms with E-state index < -0.39 is 0 Å². The molecule has 2 amide bonds. The van der Waals surface area contributed by atoms with Crippen LogP contribution in [0.1, 0.15) is 45.7 Å². The van der Waals surface area contributed by atoms with Gasteiger partial charge in [0.25, 0.3) is 11.8 Å². The summed E-state index contributed by atoms with van der Waals surface area (Å²) in [6, 6.07) is 5.26. The van der Waals surface area contributed by atoms with Crippen molar-refractivity contribution in [1.29, 1.82) is 0 Å². The van der Waals surface area contributed by atoms with Gasteiger partial charge in [0.05, 0.1) is 38.0 Å². The lowest BCUT2D eigenvalue weighted by atomic mass is 9.77. The predicted octanol–water partition coefficient (Wildman–Crippen LogP) is 3.07. The van der Waals surface area contributed by atoms with Crippen molar-refractivity contribution in [3.63, 3.8) is 0 Å². The van der Waals surface area contributed by atoms with Gasteiger partial charge in [0, 0.05) is 39.4 Å². The number of pyridine rings is 1. The van der Waals surface area contributed by atoms with E-state index in [1.165, 1.54) is 0 Å². The Morgan fingerprint density at radius 2 is 1.59 bits per heavy atom. The molecule has 2 aliphatic heterocycles. The number of carbonyl (C=O) groups is 2. The number of nitrogens with zero attached hydrogens (tertiary/aromatic N) is 5. The molecule has 1 spiro atoms. The van der Waals surface area contributed by atoms with Gasteiger partial charge in [0.2, 0.25) is 0 Å². The number of methoxy groups -OCH3 is 3. The Morgan fingerprint density at radius 3 is 2.24 bits per heavy atom. The first-order valence-electron chi connectivity index (χ1n) is 12.5. The van der Waals surface area contributed by atoms with Gasteiger partial charge in [-0.15, -0.1) is 0 Å². The number of rotatable bonds is 5. The second kappa shape index (κ2) is 9.57. The Hall–Kier alpha value is -3.82. The van der Waals surface area contributed by atoms with Gasteiger partial charge in [-0.05, 0) is 49.8 Å². The van der Waals surface area contributed by atoms with Gasteiger partial charge in [-0.25, -0.2) is 4.98 Å². The molecule has 3 aromatic rings. The molecule has 2 fully saturated rings. The Labute approximate surface area is 216 Å². The lowest BCUT2D eigenvalue weighted by molar-refractivity contribution is 0.0562. The van der Waals surface area contributed by atoms with E-state index in [0.29, 0.717) is 60.2 Å². The molecule has 2 saturated heterocycles. The van der Waals surface area contributed by atoms with Gasteiger partial charge >= 0.3 is 0 Å². The maximum atomic E-state index is 13.6. The number of carbonyl (C=O) groups excluding carboxylic acids is 2. The molecule has 10 nitrogen and oxygen atoms in total. The van der Waals surface area contributed by atoms with Gasteiger partial charge in [-0.3, -0.25) is 14.3 Å². The number of benzene rings is 1. The number of amides is 2. The fraction of sp³-hybridized carbons (Fsp3) is 0.481. The van der Waals surface area contributed by atoms with Crippen LogP contribution >= 0.6 is 0 Å². The average Bonchev–Trinajstić information content (AvgIpc) is 3.47. The SMILES string of the molecule is COc1ccc(OC)c(C(=O)N2CCC3(CC2)CCN(C(=O)c2cnc4c(c(C)nn4C)c2OC)C3)c1. The van der Waals surface area contributed by atoms with Crippen LogP contribution in [0.2, 0.25) is 0 Å². The van der Waals surface area contributed by atoms with Crippen LogP contribution in [0.5, 0.6) is 17.2 Å². The minimum absolute atomic E-state index is 0.000111. The Bertz CT molecular complexity index is 1360. The van der Waals surface area contributed by atoms with E-state index in [4.69, 9.17) is 14.2 Å². The van der Waals surface area contributed by atoms with Crippen LogP contribution < -0.4 is 14.2 Å². The molecule has 0 aliphatic carbocycles. The Kier molecular flexibility index (Phi) is 6.43. The fourth-order valence-electron chi connectivity index (χ4n) is 5.77. The first kappa shape index (κ1) is 24.9. The molecule has 5 rings (SSSR count). The first-order valence-corrected chi connectivity index (χ1v) is 12.5. The van der Waals surface area contributed by atoms with Crippen molar-refractivity contribution in [1.82, 2.24) is 24.6 Å². The quantitative estimate of drug-likeness (QED) is 0.523. The summed E-state index contributed by atoms with van der Waals surface area (Å²) in [6.45, 7) is 4.48. The molecule has 0 atom stereocenters. The third-order valence-electron chi connectivity index (χ3n) is 7.89. The van der Waals surface area contributed by atoms with Crippen molar-refractivity contribution >= 4 is 22.8 Å². The van der Waals surface area contributed by atoms with E-state index >= 15 is 0 Å². The van der Waals surface area contributed by atoms with Gasteiger partial charge in [0.15, 0.2) is 5.65 Å². The van der Waals surface area contributed by atoms with Crippen molar-refractivity contribution in [2.24, 2.45) is 12.5 Å². The molecule has 1 aromatic carbocycles. The van der Waals surface area contributed by atoms with Crippen molar-refractivity contribution in [3.8, 4) is 17.2 Å². The van der Waals surface area contributed by atoms with E-state index in [0.717, 1.165) is 30.3 Å². The number of aromatic nitrogens is 3. The predicted molar refractivity (Wildman–Crippen MR) is 137 cm³/mol. The summed E-state index contributed by atoms with van der Waals surface area (Å²) in [5.41, 5.74) is 2.43. The van der Waals surface area contributed by atoms with Gasteiger partial charge in [-0.1, -0.05) is 0 Å². The molecular weight excluding hydrogens is 474 g/mol. The zero-order chi connectivity index (χ0) is 26.3. The second-order valence-corrected chi connectivity index (χ2v) is 9.95. The number of ether oxygens (including phenoxy) is 3. The van der Waals surface area contributed by atoms with E-state index in [1.807, 2.05) is 23.8 Å². The maximum absolute atomic E-state index is 13.6. The minimum atomic E-state index is -0.0778. The highest BCUT2D eigenvalue weighted by Crippen LogP contribution is 2.42. The number of likely N-dealkylation sites (tertiary alicyclic amines) is 2. The summed E-state index contributed by atoms with van der Waals surface area (Å²) < 4.78 is 18.1. The van der Waals surface area contributed by atoms with Crippen LogP contribution in [0.3, 0.4) is 0 Å². The highest BCUT2D eigenvalue weighted by Gasteiger charge is 2.43. The van der Waals surface area contributed by atoms with Crippen molar-refractivity contribution < 1.29 is 23.8 Å². The second-order valence-electron chi connectivity index (χ2n) is 9.95. The normalized spacial score (nSPS) is 16.9. The third kappa shape index (κ3) is 4.24. The zero-order valence-corrected chi connectivity index (χ0v) is 22.0. The highest BCUT2D eigenvalue weighted by atomic mass is 16.5. The maximum Gasteiger partial charge on any atom is 0.259 e. The van der Waals surface area contributed by atoms with E-state index in [9.17, 15) is 9.59 Å². The molecular formula is C27H33N5O5. The van der Waals surface area contributed by atoms with Crippen LogP contribution in [0.25, 0.3) is 11.0 Å². The van der Waals surface area contributed by atoms with Crippen LogP contribution in [-0.4, -0.2) is 83.9 Å². The first-order chi connectivity index (χ1) is 17.8. The summed E-state index contributed by atoms with van der Waals surface area (Å²) >= 11 is 0. The summed E-state index contributed by atoms with van der Waals surface area (Å²) in [5.74, 6) is 1.53. The van der Waals surface area contributed by atoms with Crippen molar-refractivity contribution in [2.75, 3.05) is 47.5 Å². The topological polar surface area (TPSA) is 99.0 Å². The number of hydrogen-bond acceptors (Lipinski definition) is 7. The highest BCUT2D eigenvalue weighted by molar-refractivity contribution is 6.02. The van der Waals surface area contributed by atoms with Gasteiger partial charge in [-0.2, -0.15) is 5.10 Å². The smallest absolute Gasteiger partial charge is 0.259 e. The van der Waals surface area contributed by atoms with Crippen LogP contribution in [0.4, 0.5) is 0 Å². The number of hydrogen-bond donors (Lipinski definition) is 0. The van der Waals surface area contributed by atoms with E-state index in [2.05, 4.69) is 10.1 Å². The molecule has 0 N–H and O–H groups in total. The molecule has 37 heavy (non-hydrogen) atoms. The van der Waals surface area contributed by atoms with Crippen LogP contribution in [-0.2, 0) is 7.05 Å². The van der Waals surface area contributed by atoms with Gasteiger partial charge in [0.1, 0.15) is 22.8 Å². The summed E-state index contributed by atoms with van der Waals surface area (Å²) in [7, 11) is 6.55. The lowest BCUT2D eigenvalue weighted by Gasteiger charge is -2.39. The molecule has 196 valence electrons. The molecule has 2 aliphatic rings. The Balaban J connectivity index is 1.29. The lowest BCUT2D eigenvalue weighted by Crippen LogP contribution is -2.44. The molecule has 0 saturated carbocycles. The number of piperidine rings is 1. The van der Waals surface area contributed by atoms with Crippen molar-refractivity contribution in [3.05, 3.63) is 41.2 Å². The minimum Gasteiger partial charge on any atom is -0.497 e. The molecule has 2 aromatic heterocycles. The number of fused-ring (bicyclic) bond motifs is 1. The van der Waals surface area contributed by atoms with Gasteiger partial charge < -0.3 is 24.0 Å². The summed E-state index contributed by atoms with van der Waals surface area (Å²) in [5, 5.41) is 5.20. The zero-order valence-electron chi connectivity index (χ0n) is 22.0. The van der Waals surface area contributed by atoms with Crippen molar-refractivity contribution in [2.45, 2.75) is 26.2 Å². The average molecular weight is 508 g/mol. The standard InChI is InChI=1S/C27H33N5O5/c1-17-22-23(37-5)20(15-28-24(22)30(2)29-17)26(34)32-13-10-27(16-32)8-11-31(12-9-27)25(33)19-14-18(35-3)6-7-21(19)36-4/h6-7,14-15H,8-13,16H2,1-5H3. The van der Waals surface area contributed by atoms with E-state index in [1.54, 1.807) is 50.4 Å². The monoisotopic (exact) mass is 507 g/mol. The molecule has 10 heteroatoms. The van der Waals surface area contributed by atoms with E-state index in [-0.39, 0.29) is 17.2 Å². The number of aryl methyl sites for hydroxylation is 2. The summed E-state index contributed by atoms with van der Waals surface area (Å²) in [4.78, 5) is 35.2. The molecule has 4 heterocycles. The largest absolute Gasteiger partial charge is 0.497 e. The fourth-order valence-corrected chi connectivity index (χ4v) is 5.77. The molecule has 0 radical (unpaired) electrons. The molecule has 0 unspecified atom stereocenters. The third-order valence-corrected chi connectivity index (χ3v) is 7.89. The van der Waals surface area contributed by atoms with Crippen LogP contribution in [0.15, 0.2) is 24.4 Å². The summed E-state index contributed by atoms with van der Waals surface area (Å²) in [6.07, 6.45) is 4.18.